The van der Waals surface area contributed by atoms with Gasteiger partial charge in [-0.3, -0.25) is 0 Å². The van der Waals surface area contributed by atoms with Gasteiger partial charge in [-0.1, -0.05) is 0 Å². The van der Waals surface area contributed by atoms with Crippen molar-refractivity contribution >= 4 is 29.9 Å². The van der Waals surface area contributed by atoms with E-state index in [1.54, 1.807) is 6.26 Å². The Morgan fingerprint density at radius 2 is 2.26 bits per heavy atom. The molecule has 126 valence electrons. The van der Waals surface area contributed by atoms with Crippen molar-refractivity contribution in [2.45, 2.75) is 38.9 Å². The van der Waals surface area contributed by atoms with Crippen molar-refractivity contribution in [1.82, 2.24) is 25.0 Å². The maximum absolute atomic E-state index is 5.41. The molecule has 1 N–H and O–H groups in total. The Morgan fingerprint density at radius 1 is 1.48 bits per heavy atom. The molecule has 0 radical (unpaired) electrons. The number of nitrogens with zero attached hydrogens (tertiary/aromatic N) is 5. The lowest BCUT2D eigenvalue weighted by Crippen LogP contribution is -2.39. The molecule has 23 heavy (non-hydrogen) atoms. The topological polar surface area (TPSA) is 71.5 Å². The minimum Gasteiger partial charge on any atom is -0.467 e. The summed E-state index contributed by atoms with van der Waals surface area (Å²) in [6.07, 6.45) is 4.10. The van der Waals surface area contributed by atoms with Crippen LogP contribution in [0.2, 0.25) is 0 Å². The Hall–Kier alpha value is -1.58. The first-order chi connectivity index (χ1) is 10.6. The highest BCUT2D eigenvalue weighted by Crippen LogP contribution is 2.19. The Kier molecular flexibility index (Phi) is 6.03. The number of halogens is 1. The van der Waals surface area contributed by atoms with Crippen molar-refractivity contribution in [2.75, 3.05) is 7.05 Å². The first-order valence-electron chi connectivity index (χ1n) is 7.53. The van der Waals surface area contributed by atoms with E-state index in [1.165, 1.54) is 12.8 Å². The summed E-state index contributed by atoms with van der Waals surface area (Å²) in [7, 11) is 3.97. The number of nitrogens with one attached hydrogen (secondary N) is 1. The second kappa shape index (κ2) is 7.80. The van der Waals surface area contributed by atoms with Gasteiger partial charge in [0.25, 0.3) is 0 Å². The zero-order chi connectivity index (χ0) is 15.5. The molecule has 2 aromatic rings. The second-order valence-corrected chi connectivity index (χ2v) is 5.72. The van der Waals surface area contributed by atoms with Crippen LogP contribution in [0.4, 0.5) is 0 Å². The van der Waals surface area contributed by atoms with Crippen LogP contribution in [0.5, 0.6) is 0 Å². The molecule has 0 spiro atoms. The van der Waals surface area contributed by atoms with Gasteiger partial charge >= 0.3 is 0 Å². The van der Waals surface area contributed by atoms with Crippen LogP contribution in [-0.4, -0.2) is 38.7 Å². The molecule has 0 aromatic carbocycles. The molecule has 1 fully saturated rings. The molecule has 2 heterocycles. The van der Waals surface area contributed by atoms with E-state index in [0.717, 1.165) is 23.4 Å². The van der Waals surface area contributed by atoms with Gasteiger partial charge in [0.05, 0.1) is 12.8 Å². The van der Waals surface area contributed by atoms with E-state index >= 15 is 0 Å². The number of aliphatic imine (C=N–C) groups is 1. The molecule has 1 saturated carbocycles. The third kappa shape index (κ3) is 4.69. The van der Waals surface area contributed by atoms with E-state index in [2.05, 4.69) is 20.4 Å². The number of rotatable bonds is 5. The lowest BCUT2D eigenvalue weighted by molar-refractivity contribution is 0.399. The smallest absolute Gasteiger partial charge is 0.194 e. The average Bonchev–Trinajstić information content (AvgIpc) is 3.08. The predicted octanol–water partition coefficient (Wildman–Crippen LogP) is 2.07. The maximum Gasteiger partial charge on any atom is 0.194 e. The van der Waals surface area contributed by atoms with E-state index in [0.29, 0.717) is 19.1 Å². The van der Waals surface area contributed by atoms with Gasteiger partial charge in [-0.15, -0.1) is 34.2 Å². The van der Waals surface area contributed by atoms with Crippen LogP contribution in [0.25, 0.3) is 0 Å². The average molecular weight is 430 g/mol. The van der Waals surface area contributed by atoms with E-state index in [-0.39, 0.29) is 24.0 Å². The van der Waals surface area contributed by atoms with Gasteiger partial charge in [-0.25, -0.2) is 4.99 Å². The Balaban J connectivity index is 0.00000192. The van der Waals surface area contributed by atoms with Crippen molar-refractivity contribution in [1.29, 1.82) is 0 Å². The Morgan fingerprint density at radius 3 is 2.83 bits per heavy atom. The van der Waals surface area contributed by atoms with Crippen molar-refractivity contribution in [3.8, 4) is 0 Å². The number of hydrogen-bond donors (Lipinski definition) is 1. The van der Waals surface area contributed by atoms with E-state index < -0.39 is 0 Å². The molecule has 0 unspecified atom stereocenters. The van der Waals surface area contributed by atoms with E-state index in [4.69, 9.17) is 9.41 Å². The van der Waals surface area contributed by atoms with Crippen molar-refractivity contribution < 1.29 is 4.42 Å². The third-order valence-electron chi connectivity index (χ3n) is 3.80. The monoisotopic (exact) mass is 430 g/mol. The molecular weight excluding hydrogens is 407 g/mol. The van der Waals surface area contributed by atoms with Crippen LogP contribution in [-0.2, 0) is 20.1 Å². The van der Waals surface area contributed by atoms with Crippen LogP contribution in [0.15, 0.2) is 27.8 Å². The molecule has 0 amide bonds. The number of guanidine groups is 1. The summed E-state index contributed by atoms with van der Waals surface area (Å²) in [5.74, 6) is 3.55. The number of furan rings is 1. The highest BCUT2D eigenvalue weighted by atomic mass is 127. The van der Waals surface area contributed by atoms with Crippen LogP contribution in [0.1, 0.15) is 30.3 Å². The van der Waals surface area contributed by atoms with Gasteiger partial charge < -0.3 is 19.2 Å². The lowest BCUT2D eigenvalue weighted by Gasteiger charge is -2.21. The second-order valence-electron chi connectivity index (χ2n) is 5.72. The highest BCUT2D eigenvalue weighted by molar-refractivity contribution is 14.0. The zero-order valence-electron chi connectivity index (χ0n) is 13.7. The van der Waals surface area contributed by atoms with Gasteiger partial charge in [0.2, 0.25) is 0 Å². The standard InChI is InChI=1S/C15H22N6O.HI/c1-11-18-19-14(21(11)3)9-16-15(17-12-6-7-12)20(2)10-13-5-4-8-22-13;/h4-5,8,12H,6-7,9-10H2,1-3H3,(H,16,17);1H. The Labute approximate surface area is 153 Å². The molecule has 1 aliphatic carbocycles. The molecule has 2 aromatic heterocycles. The SMILES string of the molecule is Cc1nnc(CN=C(NC2CC2)N(C)Cc2ccco2)n1C.I. The number of aromatic nitrogens is 3. The van der Waals surface area contributed by atoms with Gasteiger partial charge in [0.15, 0.2) is 11.8 Å². The van der Waals surface area contributed by atoms with Crippen molar-refractivity contribution in [2.24, 2.45) is 12.0 Å². The van der Waals surface area contributed by atoms with Gasteiger partial charge in [-0.05, 0) is 31.9 Å². The van der Waals surface area contributed by atoms with Gasteiger partial charge in [0, 0.05) is 20.1 Å². The molecule has 1 aliphatic rings. The fourth-order valence-corrected chi connectivity index (χ4v) is 2.13. The van der Waals surface area contributed by atoms with Gasteiger partial charge in [-0.2, -0.15) is 0 Å². The molecule has 0 bridgehead atoms. The van der Waals surface area contributed by atoms with Crippen LogP contribution in [0.3, 0.4) is 0 Å². The summed E-state index contributed by atoms with van der Waals surface area (Å²) in [6.45, 7) is 3.13. The summed E-state index contributed by atoms with van der Waals surface area (Å²) in [5.41, 5.74) is 0. The maximum atomic E-state index is 5.41. The van der Waals surface area contributed by atoms with E-state index in [1.807, 2.05) is 37.7 Å². The summed E-state index contributed by atoms with van der Waals surface area (Å²) in [5, 5.41) is 11.7. The highest BCUT2D eigenvalue weighted by Gasteiger charge is 2.24. The summed E-state index contributed by atoms with van der Waals surface area (Å²) in [4.78, 5) is 6.77. The number of hydrogen-bond acceptors (Lipinski definition) is 4. The molecule has 3 rings (SSSR count). The third-order valence-corrected chi connectivity index (χ3v) is 3.80. The zero-order valence-corrected chi connectivity index (χ0v) is 16.0. The van der Waals surface area contributed by atoms with E-state index in [9.17, 15) is 0 Å². The predicted molar refractivity (Wildman–Crippen MR) is 98.6 cm³/mol. The molecule has 0 aliphatic heterocycles. The van der Waals surface area contributed by atoms with Crippen LogP contribution in [0, 0.1) is 6.92 Å². The minimum atomic E-state index is 0. The summed E-state index contributed by atoms with van der Waals surface area (Å²) < 4.78 is 7.37. The summed E-state index contributed by atoms with van der Waals surface area (Å²) >= 11 is 0. The first-order valence-corrected chi connectivity index (χ1v) is 7.53. The molecular formula is C15H23IN6O. The Bertz CT molecular complexity index is 647. The van der Waals surface area contributed by atoms with Crippen LogP contribution >= 0.6 is 24.0 Å². The lowest BCUT2D eigenvalue weighted by atomic mass is 10.4. The molecule has 8 heteroatoms. The first kappa shape index (κ1) is 17.8. The van der Waals surface area contributed by atoms with Crippen molar-refractivity contribution in [3.05, 3.63) is 35.8 Å². The number of aryl methyl sites for hydroxylation is 1. The fourth-order valence-electron chi connectivity index (χ4n) is 2.13. The van der Waals surface area contributed by atoms with Crippen LogP contribution < -0.4 is 5.32 Å². The van der Waals surface area contributed by atoms with Gasteiger partial charge in [0.1, 0.15) is 18.1 Å². The minimum absolute atomic E-state index is 0. The quantitative estimate of drug-likeness (QED) is 0.447. The molecule has 0 atom stereocenters. The normalized spacial score (nSPS) is 14.5. The molecule has 7 nitrogen and oxygen atoms in total. The largest absolute Gasteiger partial charge is 0.467 e. The summed E-state index contributed by atoms with van der Waals surface area (Å²) in [6, 6.07) is 4.41. The van der Waals surface area contributed by atoms with Crippen molar-refractivity contribution in [3.63, 3.8) is 0 Å². The fraction of sp³-hybridized carbons (Fsp3) is 0.533. The molecule has 0 saturated heterocycles.